The lowest BCUT2D eigenvalue weighted by atomic mass is 10.0. The molecule has 2 heterocycles. The van der Waals surface area contributed by atoms with Crippen LogP contribution in [0.5, 0.6) is 0 Å². The number of halogens is 7. The number of nitrogen functional groups attached to an aromatic ring is 1. The van der Waals surface area contributed by atoms with Crippen LogP contribution in [0, 0.1) is 17.5 Å². The largest absolute Gasteiger partial charge is 0.390 e. The Bertz CT molecular complexity index is 1380. The second kappa shape index (κ2) is 8.28. The van der Waals surface area contributed by atoms with Crippen LogP contribution in [0.4, 0.5) is 32.2 Å². The topological polar surface area (TPSA) is 94.5 Å². The molecule has 0 bridgehead atoms. The Morgan fingerprint density at radius 1 is 1.12 bits per heavy atom. The summed E-state index contributed by atoms with van der Waals surface area (Å²) in [6, 6.07) is 2.55. The van der Waals surface area contributed by atoms with Crippen LogP contribution in [0.1, 0.15) is 22.8 Å². The molecule has 0 aliphatic carbocycles. The molecule has 3 rings (SSSR count). The molecule has 32 heavy (non-hydrogen) atoms. The van der Waals surface area contributed by atoms with Crippen molar-refractivity contribution in [1.29, 1.82) is 0 Å². The van der Waals surface area contributed by atoms with Crippen LogP contribution in [0.15, 0.2) is 35.3 Å². The molecule has 14 heteroatoms. The number of alkyl halides is 3. The van der Waals surface area contributed by atoms with Crippen molar-refractivity contribution in [3.63, 3.8) is 0 Å². The molecule has 3 aromatic rings. The predicted molar refractivity (Wildman–Crippen MR) is 104 cm³/mol. The van der Waals surface area contributed by atoms with Gasteiger partial charge in [-0.25, -0.2) is 26.6 Å². The highest BCUT2D eigenvalue weighted by Gasteiger charge is 2.39. The summed E-state index contributed by atoms with van der Waals surface area (Å²) in [7, 11) is -5.03. The van der Waals surface area contributed by atoms with Gasteiger partial charge in [0.1, 0.15) is 22.5 Å². The van der Waals surface area contributed by atoms with Crippen molar-refractivity contribution in [1.82, 2.24) is 9.38 Å². The summed E-state index contributed by atoms with van der Waals surface area (Å²) in [5.74, 6) is -6.94. The van der Waals surface area contributed by atoms with Crippen molar-refractivity contribution >= 4 is 32.9 Å². The average molecular weight is 500 g/mol. The zero-order valence-corrected chi connectivity index (χ0v) is 17.2. The first-order valence-electron chi connectivity index (χ1n) is 8.61. The molecule has 2 N–H and O–H groups in total. The van der Waals surface area contributed by atoms with E-state index in [0.29, 0.717) is 12.1 Å². The summed E-state index contributed by atoms with van der Waals surface area (Å²) in [4.78, 5) is 15.8. The van der Waals surface area contributed by atoms with Crippen LogP contribution in [-0.4, -0.2) is 29.7 Å². The summed E-state index contributed by atoms with van der Waals surface area (Å²) in [6.07, 6.45) is -5.88. The van der Waals surface area contributed by atoms with Crippen LogP contribution in [0.2, 0.25) is 5.02 Å². The second-order valence-electron chi connectivity index (χ2n) is 6.69. The van der Waals surface area contributed by atoms with E-state index in [1.165, 1.54) is 0 Å². The number of nitrogens with two attached hydrogens (primary N) is 1. The van der Waals surface area contributed by atoms with Crippen molar-refractivity contribution in [2.45, 2.75) is 17.8 Å². The molecule has 0 amide bonds. The number of hydrogen-bond donors (Lipinski definition) is 1. The minimum atomic E-state index is -5.03. The summed E-state index contributed by atoms with van der Waals surface area (Å²) >= 11 is 6.06. The summed E-state index contributed by atoms with van der Waals surface area (Å²) < 4.78 is 108. The van der Waals surface area contributed by atoms with E-state index in [2.05, 4.69) is 4.98 Å². The van der Waals surface area contributed by atoms with Crippen molar-refractivity contribution in [2.24, 2.45) is 0 Å². The van der Waals surface area contributed by atoms with Crippen molar-refractivity contribution in [2.75, 3.05) is 11.5 Å². The zero-order chi connectivity index (χ0) is 24.0. The molecular weight excluding hydrogens is 488 g/mol. The number of pyridine rings is 1. The number of hydrogen-bond acceptors (Lipinski definition) is 5. The van der Waals surface area contributed by atoms with E-state index >= 15 is 0 Å². The molecule has 0 aliphatic rings. The van der Waals surface area contributed by atoms with Gasteiger partial charge in [0.25, 0.3) is 5.56 Å². The van der Waals surface area contributed by atoms with Gasteiger partial charge in [0, 0.05) is 17.8 Å². The number of benzene rings is 1. The highest BCUT2D eigenvalue weighted by atomic mass is 35.5. The Hall–Kier alpha value is -2.80. The number of fused-ring (bicyclic) bond motifs is 1. The minimum absolute atomic E-state index is 0.289. The highest BCUT2D eigenvalue weighted by molar-refractivity contribution is 7.91. The highest BCUT2D eigenvalue weighted by Crippen LogP contribution is 2.39. The zero-order valence-electron chi connectivity index (χ0n) is 15.6. The molecule has 0 saturated heterocycles. The molecule has 0 spiro atoms. The lowest BCUT2D eigenvalue weighted by Gasteiger charge is -2.22. The van der Waals surface area contributed by atoms with Gasteiger partial charge in [0.2, 0.25) is 0 Å². The third-order valence-corrected chi connectivity index (χ3v) is 6.75. The maximum absolute atomic E-state index is 14.5. The summed E-state index contributed by atoms with van der Waals surface area (Å²) in [5, 5.41) is -3.02. The van der Waals surface area contributed by atoms with Gasteiger partial charge >= 0.3 is 6.18 Å². The molecule has 1 atom stereocenters. The maximum Gasteiger partial charge on any atom is 0.390 e. The van der Waals surface area contributed by atoms with Gasteiger partial charge in [-0.15, -0.1) is 0 Å². The Morgan fingerprint density at radius 2 is 1.75 bits per heavy atom. The van der Waals surface area contributed by atoms with Crippen molar-refractivity contribution < 1.29 is 34.8 Å². The molecule has 0 radical (unpaired) electrons. The normalized spacial score (nSPS) is 13.5. The fourth-order valence-electron chi connectivity index (χ4n) is 3.04. The average Bonchev–Trinajstić information content (AvgIpc) is 2.67. The quantitative estimate of drug-likeness (QED) is 0.425. The van der Waals surface area contributed by atoms with Crippen LogP contribution >= 0.6 is 11.6 Å². The van der Waals surface area contributed by atoms with E-state index in [9.17, 15) is 39.6 Å². The van der Waals surface area contributed by atoms with Gasteiger partial charge < -0.3 is 5.73 Å². The van der Waals surface area contributed by atoms with Crippen LogP contribution < -0.4 is 11.3 Å². The van der Waals surface area contributed by atoms with E-state index in [4.69, 9.17) is 17.3 Å². The number of aromatic nitrogens is 2. The van der Waals surface area contributed by atoms with Gasteiger partial charge in [0.05, 0.1) is 17.2 Å². The second-order valence-corrected chi connectivity index (χ2v) is 9.31. The first-order valence-corrected chi connectivity index (χ1v) is 10.7. The van der Waals surface area contributed by atoms with Crippen LogP contribution in [-0.2, 0) is 9.84 Å². The van der Waals surface area contributed by atoms with Crippen molar-refractivity contribution in [3.8, 4) is 0 Å². The Labute approximate surface area is 181 Å². The van der Waals surface area contributed by atoms with Gasteiger partial charge in [-0.1, -0.05) is 11.6 Å². The molecule has 0 saturated carbocycles. The molecule has 172 valence electrons. The lowest BCUT2D eigenvalue weighted by Crippen LogP contribution is -2.25. The van der Waals surface area contributed by atoms with Gasteiger partial charge in [-0.05, 0) is 23.8 Å². The number of rotatable bonds is 5. The lowest BCUT2D eigenvalue weighted by molar-refractivity contribution is -0.129. The fourth-order valence-corrected chi connectivity index (χ4v) is 5.28. The minimum Gasteiger partial charge on any atom is -0.383 e. The van der Waals surface area contributed by atoms with Crippen molar-refractivity contribution in [3.05, 3.63) is 74.4 Å². The Kier molecular flexibility index (Phi) is 6.17. The molecule has 1 aromatic carbocycles. The Balaban J connectivity index is 2.35. The third kappa shape index (κ3) is 4.67. The Morgan fingerprint density at radius 3 is 2.38 bits per heavy atom. The van der Waals surface area contributed by atoms with Gasteiger partial charge in [0.15, 0.2) is 21.5 Å². The molecule has 6 nitrogen and oxygen atoms in total. The van der Waals surface area contributed by atoms with E-state index in [1.54, 1.807) is 0 Å². The first-order chi connectivity index (χ1) is 14.7. The smallest absolute Gasteiger partial charge is 0.383 e. The molecule has 1 unspecified atom stereocenters. The molecule has 0 aliphatic heterocycles. The number of nitrogens with zero attached hydrogens (tertiary/aromatic N) is 2. The third-order valence-electron chi connectivity index (χ3n) is 4.46. The van der Waals surface area contributed by atoms with E-state index in [1.807, 2.05) is 0 Å². The molecular formula is C18H12ClF6N3O3S. The summed E-state index contributed by atoms with van der Waals surface area (Å²) in [6.45, 7) is 0. The van der Waals surface area contributed by atoms with Gasteiger partial charge in [-0.2, -0.15) is 13.2 Å². The fraction of sp³-hybridized carbons (Fsp3) is 0.222. The van der Waals surface area contributed by atoms with E-state index < -0.39 is 72.6 Å². The van der Waals surface area contributed by atoms with Crippen LogP contribution in [0.3, 0.4) is 0 Å². The monoisotopic (exact) mass is 499 g/mol. The number of sulfone groups is 1. The standard InChI is InChI=1S/C18H12ClF6N3O3S/c19-9-7-28-13(27-12(26)6-14(28)29)5-8(9)17(32(30,31)4-3-18(23,24)25)15-10(20)1-2-11(21)16(15)22/h1-2,5-7,17H,3-4,26H2. The predicted octanol–water partition coefficient (Wildman–Crippen LogP) is 3.80. The van der Waals surface area contributed by atoms with E-state index in [-0.39, 0.29) is 11.5 Å². The SMILES string of the molecule is Nc1cc(=O)n2cc(Cl)c(C(c3c(F)ccc(F)c3F)S(=O)(=O)CCC(F)(F)F)cc2n1. The van der Waals surface area contributed by atoms with E-state index in [0.717, 1.165) is 22.7 Å². The first kappa shape index (κ1) is 23.9. The van der Waals surface area contributed by atoms with Gasteiger partial charge in [-0.3, -0.25) is 9.20 Å². The maximum atomic E-state index is 14.5. The molecule has 2 aromatic heterocycles. The number of anilines is 1. The molecule has 0 fully saturated rings. The van der Waals surface area contributed by atoms with Crippen LogP contribution in [0.25, 0.3) is 5.65 Å². The summed E-state index contributed by atoms with van der Waals surface area (Å²) in [5.41, 5.74) is 2.47.